The predicted octanol–water partition coefficient (Wildman–Crippen LogP) is 1.34. The third-order valence-electron chi connectivity index (χ3n) is 1.42. The van der Waals surface area contributed by atoms with Crippen LogP contribution in [-0.4, -0.2) is 15.8 Å². The van der Waals surface area contributed by atoms with Crippen LogP contribution in [0.15, 0.2) is 36.4 Å². The van der Waals surface area contributed by atoms with Crippen molar-refractivity contribution in [2.75, 3.05) is 0 Å². The van der Waals surface area contributed by atoms with Crippen molar-refractivity contribution in [3.63, 3.8) is 0 Å². The summed E-state index contributed by atoms with van der Waals surface area (Å²) in [5.41, 5.74) is 0.736. The van der Waals surface area contributed by atoms with E-state index < -0.39 is 13.8 Å². The van der Waals surface area contributed by atoms with Crippen molar-refractivity contribution in [2.24, 2.45) is 0 Å². The topological polar surface area (TPSA) is 83.8 Å². The molecule has 80 valence electrons. The molecule has 0 fully saturated rings. The van der Waals surface area contributed by atoms with Gasteiger partial charge in [0.1, 0.15) is 0 Å². The molecule has 0 atom stereocenters. The van der Waals surface area contributed by atoms with Crippen LogP contribution in [0.5, 0.6) is 0 Å². The SMILES string of the molecule is O=C(/C=C/c1ccccc1)OP(=O)(O)O. The number of rotatable bonds is 3. The van der Waals surface area contributed by atoms with Gasteiger partial charge in [0.25, 0.3) is 0 Å². The Labute approximate surface area is 86.2 Å². The maximum absolute atomic E-state index is 10.8. The Bertz CT molecular complexity index is 406. The van der Waals surface area contributed by atoms with Crippen LogP contribution in [-0.2, 0) is 13.9 Å². The van der Waals surface area contributed by atoms with E-state index in [2.05, 4.69) is 4.52 Å². The van der Waals surface area contributed by atoms with Gasteiger partial charge in [-0.05, 0) is 11.6 Å². The predicted molar refractivity (Wildman–Crippen MR) is 53.6 cm³/mol. The molecule has 0 aliphatic rings. The summed E-state index contributed by atoms with van der Waals surface area (Å²) in [6, 6.07) is 8.83. The number of benzene rings is 1. The lowest BCUT2D eigenvalue weighted by molar-refractivity contribution is -0.130. The summed E-state index contributed by atoms with van der Waals surface area (Å²) in [5.74, 6) is -1.08. The van der Waals surface area contributed by atoms with Gasteiger partial charge < -0.3 is 4.52 Å². The summed E-state index contributed by atoms with van der Waals surface area (Å²) in [5, 5.41) is 0. The van der Waals surface area contributed by atoms with Crippen molar-refractivity contribution < 1.29 is 23.7 Å². The summed E-state index contributed by atoms with van der Waals surface area (Å²) in [7, 11) is -4.74. The summed E-state index contributed by atoms with van der Waals surface area (Å²) in [6.45, 7) is 0. The highest BCUT2D eigenvalue weighted by Crippen LogP contribution is 2.35. The van der Waals surface area contributed by atoms with Crippen molar-refractivity contribution >= 4 is 19.9 Å². The lowest BCUT2D eigenvalue weighted by Crippen LogP contribution is -1.97. The molecule has 5 nitrogen and oxygen atoms in total. The van der Waals surface area contributed by atoms with Gasteiger partial charge in [0.05, 0.1) is 0 Å². The highest BCUT2D eigenvalue weighted by Gasteiger charge is 2.17. The van der Waals surface area contributed by atoms with Crippen LogP contribution in [0.4, 0.5) is 0 Å². The second-order valence-corrected chi connectivity index (χ2v) is 3.81. The molecule has 0 unspecified atom stereocenters. The zero-order chi connectivity index (χ0) is 11.3. The second kappa shape index (κ2) is 4.89. The van der Waals surface area contributed by atoms with Gasteiger partial charge in [-0.2, -0.15) is 0 Å². The molecule has 0 bridgehead atoms. The molecule has 6 heteroatoms. The summed E-state index contributed by atoms with van der Waals surface area (Å²) < 4.78 is 14.1. The normalized spacial score (nSPS) is 11.6. The van der Waals surface area contributed by atoms with E-state index in [4.69, 9.17) is 9.79 Å². The van der Waals surface area contributed by atoms with E-state index in [9.17, 15) is 9.36 Å². The number of carbonyl (C=O) groups is 1. The monoisotopic (exact) mass is 228 g/mol. The van der Waals surface area contributed by atoms with Crippen LogP contribution in [0.1, 0.15) is 5.56 Å². The molecule has 0 saturated heterocycles. The van der Waals surface area contributed by atoms with Crippen molar-refractivity contribution in [1.29, 1.82) is 0 Å². The number of phosphoric acid groups is 1. The Hall–Kier alpha value is -1.42. The Morgan fingerprint density at radius 3 is 2.40 bits per heavy atom. The average molecular weight is 228 g/mol. The first-order valence-electron chi connectivity index (χ1n) is 3.99. The van der Waals surface area contributed by atoms with Gasteiger partial charge in [-0.3, -0.25) is 9.79 Å². The Morgan fingerprint density at radius 2 is 1.87 bits per heavy atom. The summed E-state index contributed by atoms with van der Waals surface area (Å²) in [6.07, 6.45) is 2.35. The Morgan fingerprint density at radius 1 is 1.27 bits per heavy atom. The van der Waals surface area contributed by atoms with Crippen molar-refractivity contribution in [2.45, 2.75) is 0 Å². The molecule has 0 spiro atoms. The molecule has 2 N–H and O–H groups in total. The minimum Gasteiger partial charge on any atom is -0.367 e. The number of phosphoric ester groups is 1. The lowest BCUT2D eigenvalue weighted by atomic mass is 10.2. The minimum absolute atomic E-state index is 0.736. The fraction of sp³-hybridized carbons (Fsp3) is 0. The third kappa shape index (κ3) is 5.12. The molecule has 1 aromatic rings. The van der Waals surface area contributed by atoms with Crippen LogP contribution >= 0.6 is 7.82 Å². The van der Waals surface area contributed by atoms with Crippen molar-refractivity contribution in [3.05, 3.63) is 42.0 Å². The molecule has 0 radical (unpaired) electrons. The zero-order valence-corrected chi connectivity index (χ0v) is 8.50. The zero-order valence-electron chi connectivity index (χ0n) is 7.61. The number of carbonyl (C=O) groups excluding carboxylic acids is 1. The highest BCUT2D eigenvalue weighted by atomic mass is 31.2. The molecule has 1 aromatic carbocycles. The van der Waals surface area contributed by atoms with Crippen molar-refractivity contribution in [1.82, 2.24) is 0 Å². The maximum atomic E-state index is 10.8. The smallest absolute Gasteiger partial charge is 0.367 e. The summed E-state index contributed by atoms with van der Waals surface area (Å²) >= 11 is 0. The maximum Gasteiger partial charge on any atom is 0.527 e. The van der Waals surface area contributed by atoms with Crippen LogP contribution < -0.4 is 0 Å². The molecular formula is C9H9O5P. The van der Waals surface area contributed by atoms with Gasteiger partial charge in [-0.1, -0.05) is 30.3 Å². The molecule has 0 aliphatic carbocycles. The first kappa shape index (κ1) is 11.7. The number of hydrogen-bond donors (Lipinski definition) is 2. The molecule has 0 aromatic heterocycles. The average Bonchev–Trinajstić information content (AvgIpc) is 2.14. The molecule has 0 saturated carbocycles. The number of hydrogen-bond acceptors (Lipinski definition) is 3. The largest absolute Gasteiger partial charge is 0.527 e. The first-order valence-corrected chi connectivity index (χ1v) is 5.53. The molecular weight excluding hydrogens is 219 g/mol. The van der Waals surface area contributed by atoms with Gasteiger partial charge in [-0.15, -0.1) is 0 Å². The van der Waals surface area contributed by atoms with Gasteiger partial charge >= 0.3 is 13.8 Å². The molecule has 1 rings (SSSR count). The quantitative estimate of drug-likeness (QED) is 0.602. The van der Waals surface area contributed by atoms with E-state index in [0.29, 0.717) is 0 Å². The van der Waals surface area contributed by atoms with Crippen LogP contribution in [0.2, 0.25) is 0 Å². The van der Waals surface area contributed by atoms with Crippen LogP contribution in [0, 0.1) is 0 Å². The fourth-order valence-electron chi connectivity index (χ4n) is 0.876. The molecule has 0 amide bonds. The van der Waals surface area contributed by atoms with E-state index >= 15 is 0 Å². The molecule has 0 heterocycles. The molecule has 15 heavy (non-hydrogen) atoms. The standard InChI is InChI=1S/C9H9O5P/c10-9(14-15(11,12)13)7-6-8-4-2-1-3-5-8/h1-7H,(H2,11,12,13)/b7-6+. The van der Waals surface area contributed by atoms with Gasteiger partial charge in [-0.25, -0.2) is 9.36 Å². The van der Waals surface area contributed by atoms with E-state index in [0.717, 1.165) is 11.6 Å². The van der Waals surface area contributed by atoms with Gasteiger partial charge in [0.2, 0.25) is 0 Å². The first-order chi connectivity index (χ1) is 6.97. The van der Waals surface area contributed by atoms with Gasteiger partial charge in [0.15, 0.2) is 0 Å². The van der Waals surface area contributed by atoms with Crippen LogP contribution in [0.25, 0.3) is 6.08 Å². The molecule has 0 aliphatic heterocycles. The van der Waals surface area contributed by atoms with E-state index in [1.807, 2.05) is 6.07 Å². The second-order valence-electron chi connectivity index (χ2n) is 2.64. The fourth-order valence-corrected chi connectivity index (χ4v) is 1.17. The summed E-state index contributed by atoms with van der Waals surface area (Å²) in [4.78, 5) is 27.5. The lowest BCUT2D eigenvalue weighted by Gasteiger charge is -2.00. The highest BCUT2D eigenvalue weighted by molar-refractivity contribution is 7.46. The Balaban J connectivity index is 2.60. The van der Waals surface area contributed by atoms with E-state index in [1.54, 1.807) is 24.3 Å². The minimum atomic E-state index is -4.74. The Kier molecular flexibility index (Phi) is 3.80. The van der Waals surface area contributed by atoms with Gasteiger partial charge in [0, 0.05) is 6.08 Å². The third-order valence-corrected chi connectivity index (χ3v) is 1.84. The van der Waals surface area contributed by atoms with Crippen LogP contribution in [0.3, 0.4) is 0 Å². The van der Waals surface area contributed by atoms with Crippen molar-refractivity contribution in [3.8, 4) is 0 Å². The van der Waals surface area contributed by atoms with E-state index in [-0.39, 0.29) is 0 Å². The van der Waals surface area contributed by atoms with E-state index in [1.165, 1.54) is 6.08 Å².